The average molecular weight is 349 g/mol. The number of aryl methyl sites for hydroxylation is 1. The molecule has 5 nitrogen and oxygen atoms in total. The molecule has 1 aliphatic heterocycles. The monoisotopic (exact) mass is 349 g/mol. The number of sulfonamides is 1. The molecule has 23 heavy (non-hydrogen) atoms. The van der Waals surface area contributed by atoms with Crippen molar-refractivity contribution in [1.29, 1.82) is 0 Å². The molecule has 7 heteroatoms. The first kappa shape index (κ1) is 16.2. The molecule has 0 atom stereocenters. The fourth-order valence-electron chi connectivity index (χ4n) is 2.59. The van der Waals surface area contributed by atoms with Gasteiger partial charge in [0.1, 0.15) is 0 Å². The van der Waals surface area contributed by atoms with E-state index in [1.165, 1.54) is 22.9 Å². The second kappa shape index (κ2) is 6.43. The van der Waals surface area contributed by atoms with Gasteiger partial charge < -0.3 is 4.90 Å². The van der Waals surface area contributed by atoms with Crippen LogP contribution < -0.4 is 10.0 Å². The van der Waals surface area contributed by atoms with Crippen molar-refractivity contribution >= 4 is 32.1 Å². The second-order valence-corrected chi connectivity index (χ2v) is 8.28. The summed E-state index contributed by atoms with van der Waals surface area (Å²) in [4.78, 5) is 6.26. The number of hydrogen-bond acceptors (Lipinski definition) is 5. The second-order valence-electron chi connectivity index (χ2n) is 5.48. The summed E-state index contributed by atoms with van der Waals surface area (Å²) in [6.45, 7) is 3.69. The lowest BCUT2D eigenvalue weighted by Gasteiger charge is -2.26. The van der Waals surface area contributed by atoms with E-state index in [1.54, 1.807) is 0 Å². The fraction of sp³-hybridized carbons (Fsp3) is 0.312. The summed E-state index contributed by atoms with van der Waals surface area (Å²) in [6, 6.07) is 8.68. The Hall–Kier alpha value is -1.70. The normalized spacial score (nSPS) is 15.6. The summed E-state index contributed by atoms with van der Waals surface area (Å²) in [6.07, 6.45) is 5.47. The lowest BCUT2D eigenvalue weighted by molar-refractivity contribution is 0.599. The molecule has 0 saturated heterocycles. The zero-order valence-electron chi connectivity index (χ0n) is 12.9. The van der Waals surface area contributed by atoms with Crippen molar-refractivity contribution in [2.24, 2.45) is 5.14 Å². The maximum Gasteiger partial charge on any atom is 0.249 e. The van der Waals surface area contributed by atoms with Gasteiger partial charge >= 0.3 is 0 Å². The highest BCUT2D eigenvalue weighted by atomic mass is 32.2. The number of rotatable bonds is 4. The van der Waals surface area contributed by atoms with E-state index in [1.807, 2.05) is 0 Å². The molecule has 0 amide bonds. The Bertz CT molecular complexity index is 823. The van der Waals surface area contributed by atoms with Crippen LogP contribution in [0, 0.1) is 0 Å². The number of thiazole rings is 1. The summed E-state index contributed by atoms with van der Waals surface area (Å²) in [7, 11) is -3.67. The summed E-state index contributed by atoms with van der Waals surface area (Å²) < 4.78 is 22.8. The highest BCUT2D eigenvalue weighted by molar-refractivity contribution is 7.91. The van der Waals surface area contributed by atoms with E-state index in [2.05, 4.69) is 47.1 Å². The van der Waals surface area contributed by atoms with Crippen LogP contribution in [0.1, 0.15) is 24.5 Å². The first-order chi connectivity index (χ1) is 11.0. The number of nitrogens with two attached hydrogens (primary N) is 1. The highest BCUT2D eigenvalue weighted by Crippen LogP contribution is 2.29. The minimum atomic E-state index is -3.67. The van der Waals surface area contributed by atoms with Crippen molar-refractivity contribution < 1.29 is 8.42 Å². The molecule has 0 spiro atoms. The Balaban J connectivity index is 1.73. The zero-order valence-corrected chi connectivity index (χ0v) is 14.5. The zero-order chi connectivity index (χ0) is 16.4. The molecular formula is C16H19N3O2S2. The first-order valence-corrected chi connectivity index (χ1v) is 9.85. The van der Waals surface area contributed by atoms with E-state index in [9.17, 15) is 8.42 Å². The summed E-state index contributed by atoms with van der Waals surface area (Å²) in [5.74, 6) is 0. The van der Waals surface area contributed by atoms with Gasteiger partial charge in [-0.3, -0.25) is 0 Å². The Kier molecular flexibility index (Phi) is 4.52. The van der Waals surface area contributed by atoms with E-state index in [0.29, 0.717) is 5.13 Å². The molecule has 0 bridgehead atoms. The number of hydrogen-bond donors (Lipinski definition) is 1. The third kappa shape index (κ3) is 3.63. The van der Waals surface area contributed by atoms with Crippen molar-refractivity contribution in [2.45, 2.75) is 24.0 Å². The SMILES string of the molecule is CCc1ccc(C2=CCN(c3ncc(S(N)(=O)=O)s3)CC2)cc1. The molecular weight excluding hydrogens is 330 g/mol. The van der Waals surface area contributed by atoms with E-state index < -0.39 is 10.0 Å². The molecule has 2 aromatic rings. The van der Waals surface area contributed by atoms with Gasteiger partial charge in [0, 0.05) is 13.1 Å². The molecule has 122 valence electrons. The molecule has 0 saturated carbocycles. The van der Waals surface area contributed by atoms with Crippen molar-refractivity contribution in [2.75, 3.05) is 18.0 Å². The van der Waals surface area contributed by atoms with Gasteiger partial charge in [-0.25, -0.2) is 18.5 Å². The van der Waals surface area contributed by atoms with Crippen molar-refractivity contribution in [3.05, 3.63) is 47.7 Å². The molecule has 2 heterocycles. The molecule has 2 N–H and O–H groups in total. The number of anilines is 1. The van der Waals surface area contributed by atoms with E-state index in [-0.39, 0.29) is 4.21 Å². The van der Waals surface area contributed by atoms with E-state index >= 15 is 0 Å². The quantitative estimate of drug-likeness (QED) is 0.920. The predicted molar refractivity (Wildman–Crippen MR) is 94.1 cm³/mol. The van der Waals surface area contributed by atoms with Gasteiger partial charge in [-0.2, -0.15) is 0 Å². The van der Waals surface area contributed by atoms with Crippen molar-refractivity contribution in [3.8, 4) is 0 Å². The number of aromatic nitrogens is 1. The van der Waals surface area contributed by atoms with Gasteiger partial charge in [0.15, 0.2) is 9.34 Å². The van der Waals surface area contributed by atoms with Crippen LogP contribution in [0.5, 0.6) is 0 Å². The molecule has 0 aliphatic carbocycles. The number of benzene rings is 1. The van der Waals surface area contributed by atoms with Gasteiger partial charge in [0.25, 0.3) is 0 Å². The smallest absolute Gasteiger partial charge is 0.249 e. The van der Waals surface area contributed by atoms with E-state index in [0.717, 1.165) is 37.3 Å². The molecule has 1 aliphatic rings. The van der Waals surface area contributed by atoms with Gasteiger partial charge in [-0.05, 0) is 29.5 Å². The van der Waals surface area contributed by atoms with Gasteiger partial charge in [-0.1, -0.05) is 48.6 Å². The van der Waals surface area contributed by atoms with Gasteiger partial charge in [0.2, 0.25) is 10.0 Å². The highest BCUT2D eigenvalue weighted by Gasteiger charge is 2.19. The summed E-state index contributed by atoms with van der Waals surface area (Å²) >= 11 is 1.12. The summed E-state index contributed by atoms with van der Waals surface area (Å²) in [5.41, 5.74) is 3.92. The first-order valence-electron chi connectivity index (χ1n) is 7.49. The van der Waals surface area contributed by atoms with E-state index in [4.69, 9.17) is 5.14 Å². The fourth-order valence-corrected chi connectivity index (χ4v) is 4.16. The third-order valence-corrected chi connectivity index (χ3v) is 6.43. The molecule has 1 aromatic heterocycles. The molecule has 0 unspecified atom stereocenters. The maximum atomic E-state index is 11.3. The van der Waals surface area contributed by atoms with Crippen LogP contribution in [0.4, 0.5) is 5.13 Å². The van der Waals surface area contributed by atoms with Gasteiger partial charge in [-0.15, -0.1) is 0 Å². The minimum Gasteiger partial charge on any atom is -0.344 e. The van der Waals surface area contributed by atoms with Crippen LogP contribution in [0.15, 0.2) is 40.7 Å². The van der Waals surface area contributed by atoms with Crippen LogP contribution >= 0.6 is 11.3 Å². The molecule has 3 rings (SSSR count). The molecule has 0 fully saturated rings. The average Bonchev–Trinajstić information content (AvgIpc) is 3.05. The topological polar surface area (TPSA) is 76.3 Å². The van der Waals surface area contributed by atoms with Crippen LogP contribution in [0.2, 0.25) is 0 Å². The van der Waals surface area contributed by atoms with Crippen LogP contribution in [-0.2, 0) is 16.4 Å². The standard InChI is InChI=1S/C16H19N3O2S2/c1-2-12-3-5-13(6-4-12)14-7-9-19(10-8-14)16-18-11-15(22-16)23(17,20)21/h3-7,11H,2,8-10H2,1H3,(H2,17,20,21). The van der Waals surface area contributed by atoms with Crippen molar-refractivity contribution in [3.63, 3.8) is 0 Å². The lowest BCUT2D eigenvalue weighted by Crippen LogP contribution is -2.28. The molecule has 1 aromatic carbocycles. The lowest BCUT2D eigenvalue weighted by atomic mass is 9.98. The minimum absolute atomic E-state index is 0.109. The predicted octanol–water partition coefficient (Wildman–Crippen LogP) is 2.65. The Morgan fingerprint density at radius 2 is 2.04 bits per heavy atom. The maximum absolute atomic E-state index is 11.3. The Morgan fingerprint density at radius 1 is 1.30 bits per heavy atom. The number of nitrogens with zero attached hydrogens (tertiary/aromatic N) is 2. The largest absolute Gasteiger partial charge is 0.344 e. The third-order valence-electron chi connectivity index (χ3n) is 3.97. The van der Waals surface area contributed by atoms with Gasteiger partial charge in [0.05, 0.1) is 6.20 Å². The van der Waals surface area contributed by atoms with Crippen LogP contribution in [0.25, 0.3) is 5.57 Å². The Morgan fingerprint density at radius 3 is 2.57 bits per heavy atom. The van der Waals surface area contributed by atoms with Crippen LogP contribution in [-0.4, -0.2) is 26.5 Å². The summed E-state index contributed by atoms with van der Waals surface area (Å²) in [5, 5.41) is 5.83. The Labute approximate surface area is 140 Å². The number of primary sulfonamides is 1. The van der Waals surface area contributed by atoms with Crippen LogP contribution in [0.3, 0.4) is 0 Å². The molecule has 0 radical (unpaired) electrons. The van der Waals surface area contributed by atoms with Crippen molar-refractivity contribution in [1.82, 2.24) is 4.98 Å².